The molecule has 5 rings (SSSR count). The normalized spacial score (nSPS) is 38.0. The molecule has 0 saturated carbocycles. The van der Waals surface area contributed by atoms with E-state index in [2.05, 4.69) is 20.1 Å². The van der Waals surface area contributed by atoms with Gasteiger partial charge in [0.05, 0.1) is 49.0 Å². The molecule has 2 bridgehead atoms. The molecule has 0 aliphatic carbocycles. The fourth-order valence-electron chi connectivity index (χ4n) is 8.63. The SMILES string of the molecule is CC[C@H]1OC(=O)[C@H](C)C(=O)[C@H](C)[C@@H](O[C@@H]2O[C@H](C)C[C@H](N(C)C)[C@H]2O)[C@@]2(C)C[C@@H](C)C(=NC(C)=O)[C@H](C)[C@@H](OC/C(=N\Oc3ccc(-c4nccs4)nc3)CO2)[C@]1(C)O. The molecule has 16 nitrogen and oxygen atoms in total. The predicted octanol–water partition coefficient (Wildman–Crippen LogP) is 4.50. The van der Waals surface area contributed by atoms with Crippen LogP contribution in [0.15, 0.2) is 40.1 Å². The molecular weight excluding hydrogens is 783 g/mol. The Kier molecular flexibility index (Phi) is 15.3. The Morgan fingerprint density at radius 1 is 1.08 bits per heavy atom. The molecule has 326 valence electrons. The van der Waals surface area contributed by atoms with Gasteiger partial charge in [0.25, 0.3) is 0 Å². The van der Waals surface area contributed by atoms with Gasteiger partial charge in [0, 0.05) is 42.1 Å². The van der Waals surface area contributed by atoms with Gasteiger partial charge in [0.1, 0.15) is 34.4 Å². The summed E-state index contributed by atoms with van der Waals surface area (Å²) < 4.78 is 32.4. The molecule has 0 unspecified atom stereocenters. The van der Waals surface area contributed by atoms with Crippen molar-refractivity contribution in [2.45, 2.75) is 136 Å². The maximum Gasteiger partial charge on any atom is 0.316 e. The molecule has 1 amide bonds. The molecule has 59 heavy (non-hydrogen) atoms. The van der Waals surface area contributed by atoms with Crippen molar-refractivity contribution >= 4 is 40.4 Å². The maximum absolute atomic E-state index is 14.5. The highest BCUT2D eigenvalue weighted by molar-refractivity contribution is 7.13. The van der Waals surface area contributed by atoms with Crippen molar-refractivity contribution in [3.63, 3.8) is 0 Å². The number of cyclic esters (lactones) is 1. The third-order valence-electron chi connectivity index (χ3n) is 11.8. The van der Waals surface area contributed by atoms with Crippen molar-refractivity contribution in [2.24, 2.45) is 33.8 Å². The second-order valence-electron chi connectivity index (χ2n) is 16.8. The van der Waals surface area contributed by atoms with Crippen LogP contribution >= 0.6 is 11.3 Å². The Bertz CT molecular complexity index is 1820. The van der Waals surface area contributed by atoms with E-state index >= 15 is 0 Å². The minimum absolute atomic E-state index is 0.127. The summed E-state index contributed by atoms with van der Waals surface area (Å²) in [5, 5.41) is 31.1. The number of Topliss-reactive ketones (excluding diaryl/α,β-unsaturated/α-hetero) is 1. The third-order valence-corrected chi connectivity index (χ3v) is 12.6. The zero-order valence-corrected chi connectivity index (χ0v) is 36.8. The number of carbonyl (C=O) groups is 3. The van der Waals surface area contributed by atoms with Gasteiger partial charge in [0.2, 0.25) is 5.91 Å². The number of amides is 1. The molecule has 0 radical (unpaired) electrons. The number of carbonyl (C=O) groups excluding carboxylic acids is 3. The van der Waals surface area contributed by atoms with Crippen molar-refractivity contribution in [3.8, 4) is 16.5 Å². The molecule has 13 atom stereocenters. The number of oxime groups is 1. The van der Waals surface area contributed by atoms with Crippen molar-refractivity contribution < 1.29 is 53.1 Å². The summed E-state index contributed by atoms with van der Waals surface area (Å²) in [6, 6.07) is 3.14. The van der Waals surface area contributed by atoms with Gasteiger partial charge in [0.15, 0.2) is 17.8 Å². The topological polar surface area (TPSA) is 201 Å². The van der Waals surface area contributed by atoms with E-state index in [1.54, 1.807) is 46.0 Å². The molecule has 0 spiro atoms. The molecule has 5 heterocycles. The molecule has 3 saturated heterocycles. The van der Waals surface area contributed by atoms with Crippen LogP contribution in [0.1, 0.15) is 81.6 Å². The van der Waals surface area contributed by atoms with Crippen LogP contribution in [-0.4, -0.2) is 136 Å². The zero-order valence-electron chi connectivity index (χ0n) is 36.0. The van der Waals surface area contributed by atoms with Gasteiger partial charge < -0.3 is 43.6 Å². The molecule has 3 aliphatic heterocycles. The van der Waals surface area contributed by atoms with Gasteiger partial charge in [-0.2, -0.15) is 0 Å². The average molecular weight is 844 g/mol. The number of fused-ring (bicyclic) bond motifs is 5. The first-order valence-electron chi connectivity index (χ1n) is 20.3. The van der Waals surface area contributed by atoms with Gasteiger partial charge in [-0.1, -0.05) is 32.9 Å². The van der Waals surface area contributed by atoms with Crippen LogP contribution in [0.4, 0.5) is 0 Å². The van der Waals surface area contributed by atoms with E-state index in [0.717, 1.165) is 5.01 Å². The summed E-state index contributed by atoms with van der Waals surface area (Å²) in [5.41, 5.74) is -1.95. The lowest BCUT2D eigenvalue weighted by Crippen LogP contribution is -2.60. The van der Waals surface area contributed by atoms with E-state index in [4.69, 9.17) is 28.5 Å². The van der Waals surface area contributed by atoms with E-state index < -0.39 is 83.2 Å². The molecule has 0 aromatic carbocycles. The summed E-state index contributed by atoms with van der Waals surface area (Å²) in [4.78, 5) is 62.3. The number of pyridine rings is 1. The van der Waals surface area contributed by atoms with Crippen LogP contribution in [-0.2, 0) is 38.1 Å². The van der Waals surface area contributed by atoms with Crippen molar-refractivity contribution in [1.29, 1.82) is 0 Å². The molecule has 2 aromatic heterocycles. The minimum Gasteiger partial charge on any atom is -0.459 e. The highest BCUT2D eigenvalue weighted by atomic mass is 32.1. The van der Waals surface area contributed by atoms with Crippen molar-refractivity contribution in [3.05, 3.63) is 29.9 Å². The average Bonchev–Trinajstić information content (AvgIpc) is 3.73. The largest absolute Gasteiger partial charge is 0.459 e. The second-order valence-corrected chi connectivity index (χ2v) is 17.7. The van der Waals surface area contributed by atoms with Gasteiger partial charge in [-0.05, 0) is 79.1 Å². The van der Waals surface area contributed by atoms with E-state index in [9.17, 15) is 24.6 Å². The molecule has 2 N–H and O–H groups in total. The second kappa shape index (κ2) is 19.4. The number of ketones is 1. The van der Waals surface area contributed by atoms with E-state index in [-0.39, 0.29) is 43.9 Å². The Labute approximate surface area is 350 Å². The first-order chi connectivity index (χ1) is 27.8. The molecular formula is C42H61N5O11S. The summed E-state index contributed by atoms with van der Waals surface area (Å²) >= 11 is 1.45. The fraction of sp³-hybridized carbons (Fsp3) is 0.690. The Morgan fingerprint density at radius 3 is 2.42 bits per heavy atom. The van der Waals surface area contributed by atoms with Crippen LogP contribution < -0.4 is 4.84 Å². The summed E-state index contributed by atoms with van der Waals surface area (Å²) in [6.07, 6.45) is -1.96. The highest BCUT2D eigenvalue weighted by Crippen LogP contribution is 2.40. The van der Waals surface area contributed by atoms with Crippen LogP contribution in [0.3, 0.4) is 0 Å². The lowest BCUT2D eigenvalue weighted by Gasteiger charge is -2.47. The maximum atomic E-state index is 14.5. The standard InChI is InChI=1S/C42H61N5O11S/c1-12-32-42(9,52)37-24(4)33(45-27(7)48)22(2)18-41(8,54-21-28(20-53-37)46-58-29-13-14-30(44-19-29)38-43-15-16-59-38)36(25(5)34(49)26(6)39(51)56-32)57-40-35(50)31(47(10)11)17-23(3)55-40/h13-16,19,22-26,31-32,35-37,40,50,52H,12,17-18,20-21H2,1-11H3/b45-33?,46-28+/t22-,23-,24+,25+,26-,31+,32-,35-,36-,37-,40+,41-,42-/m1/s1. The Hall–Kier alpha value is -3.55. The molecule has 17 heteroatoms. The number of hydrogen-bond acceptors (Lipinski definition) is 16. The number of aliphatic imine (C=N–C) groups is 1. The number of nitrogens with zero attached hydrogens (tertiary/aromatic N) is 5. The number of thiazole rings is 1. The number of likely N-dealkylation sites (N-methyl/N-ethyl adjacent to an activating group) is 1. The quantitative estimate of drug-likeness (QED) is 0.224. The predicted molar refractivity (Wildman–Crippen MR) is 220 cm³/mol. The number of rotatable bonds is 7. The van der Waals surface area contributed by atoms with Crippen LogP contribution in [0.5, 0.6) is 5.75 Å². The van der Waals surface area contributed by atoms with Crippen LogP contribution in [0, 0.1) is 23.7 Å². The van der Waals surface area contributed by atoms with Crippen molar-refractivity contribution in [1.82, 2.24) is 14.9 Å². The number of ether oxygens (including phenoxy) is 5. The monoisotopic (exact) mass is 843 g/mol. The summed E-state index contributed by atoms with van der Waals surface area (Å²) in [7, 11) is 3.73. The molecule has 2 aromatic rings. The number of aliphatic hydroxyl groups excluding tert-OH is 1. The number of hydrogen-bond donors (Lipinski definition) is 2. The van der Waals surface area contributed by atoms with E-state index in [1.165, 1.54) is 38.3 Å². The number of aliphatic hydroxyl groups is 2. The molecule has 3 fully saturated rings. The van der Waals surface area contributed by atoms with Gasteiger partial charge in [-0.3, -0.25) is 14.4 Å². The van der Waals surface area contributed by atoms with Crippen LogP contribution in [0.25, 0.3) is 10.7 Å². The zero-order chi connectivity index (χ0) is 43.4. The first kappa shape index (κ1) is 46.5. The smallest absolute Gasteiger partial charge is 0.316 e. The van der Waals surface area contributed by atoms with E-state index in [0.29, 0.717) is 23.6 Å². The Balaban J connectivity index is 1.67. The summed E-state index contributed by atoms with van der Waals surface area (Å²) in [5.74, 6) is -5.05. The van der Waals surface area contributed by atoms with Crippen LogP contribution in [0.2, 0.25) is 0 Å². The van der Waals surface area contributed by atoms with Gasteiger partial charge in [-0.25, -0.2) is 15.0 Å². The van der Waals surface area contributed by atoms with Crippen molar-refractivity contribution in [2.75, 3.05) is 27.3 Å². The lowest BCUT2D eigenvalue weighted by atomic mass is 9.73. The first-order valence-corrected chi connectivity index (χ1v) is 21.2. The minimum atomic E-state index is -1.86. The lowest BCUT2D eigenvalue weighted by molar-refractivity contribution is -0.296. The Morgan fingerprint density at radius 2 is 1.81 bits per heavy atom. The highest BCUT2D eigenvalue weighted by Gasteiger charge is 2.53. The number of esters is 1. The number of aromatic nitrogens is 2. The van der Waals surface area contributed by atoms with Gasteiger partial charge >= 0.3 is 5.97 Å². The summed E-state index contributed by atoms with van der Waals surface area (Å²) in [6.45, 7) is 14.6. The van der Waals surface area contributed by atoms with Gasteiger partial charge in [-0.15, -0.1) is 11.3 Å². The van der Waals surface area contributed by atoms with E-state index in [1.807, 2.05) is 38.2 Å². The molecule has 3 aliphatic rings. The fourth-order valence-corrected chi connectivity index (χ4v) is 9.25. The third kappa shape index (κ3) is 10.7.